The number of hydrogen-bond acceptors (Lipinski definition) is 4. The Bertz CT molecular complexity index is 684. The third-order valence-electron chi connectivity index (χ3n) is 2.90. The van der Waals surface area contributed by atoms with Gasteiger partial charge in [0.05, 0.1) is 5.02 Å². The zero-order chi connectivity index (χ0) is 14.8. The molecular weight excluding hydrogens is 316 g/mol. The van der Waals surface area contributed by atoms with E-state index in [1.807, 2.05) is 16.8 Å². The van der Waals surface area contributed by atoms with Gasteiger partial charge in [0.2, 0.25) is 10.0 Å². The molecule has 0 saturated heterocycles. The van der Waals surface area contributed by atoms with Gasteiger partial charge in [-0.2, -0.15) is 11.3 Å². The maximum Gasteiger partial charge on any atom is 0.242 e. The lowest BCUT2D eigenvalue weighted by molar-refractivity contribution is 0.567. The Morgan fingerprint density at radius 3 is 2.75 bits per heavy atom. The number of benzene rings is 1. The molecule has 0 amide bonds. The number of nitrogens with one attached hydrogen (secondary N) is 1. The van der Waals surface area contributed by atoms with Crippen LogP contribution in [0, 0.1) is 0 Å². The molecule has 0 saturated carbocycles. The van der Waals surface area contributed by atoms with Crippen molar-refractivity contribution in [1.82, 2.24) is 4.72 Å². The van der Waals surface area contributed by atoms with E-state index in [2.05, 4.69) is 4.72 Å². The molecule has 20 heavy (non-hydrogen) atoms. The third-order valence-corrected chi connectivity index (χ3v) is 5.62. The Balaban J connectivity index is 2.31. The number of nitrogens with two attached hydrogens (primary N) is 1. The standard InChI is InChI=1S/C13H15ClN2O2S2/c1-9(11-4-5-19-8-11)16-20(17,18)13-6-10(7-15)2-3-12(13)14/h2-6,8-9,16H,7,15H2,1H3. The van der Waals surface area contributed by atoms with Crippen molar-refractivity contribution in [2.24, 2.45) is 5.73 Å². The summed E-state index contributed by atoms with van der Waals surface area (Å²) < 4.78 is 27.4. The Morgan fingerprint density at radius 2 is 2.15 bits per heavy atom. The summed E-state index contributed by atoms with van der Waals surface area (Å²) in [5, 5.41) is 4.00. The predicted octanol–water partition coefficient (Wildman–Crippen LogP) is 2.90. The van der Waals surface area contributed by atoms with E-state index in [1.165, 1.54) is 17.4 Å². The van der Waals surface area contributed by atoms with Gasteiger partial charge < -0.3 is 5.73 Å². The van der Waals surface area contributed by atoms with Crippen LogP contribution in [-0.4, -0.2) is 8.42 Å². The van der Waals surface area contributed by atoms with Crippen molar-refractivity contribution in [2.75, 3.05) is 0 Å². The molecule has 1 heterocycles. The van der Waals surface area contributed by atoms with Crippen molar-refractivity contribution in [3.05, 3.63) is 51.2 Å². The van der Waals surface area contributed by atoms with Crippen LogP contribution in [-0.2, 0) is 16.6 Å². The molecule has 0 radical (unpaired) electrons. The monoisotopic (exact) mass is 330 g/mol. The Kier molecular flexibility index (Phi) is 4.82. The highest BCUT2D eigenvalue weighted by Gasteiger charge is 2.21. The molecule has 0 bridgehead atoms. The third kappa shape index (κ3) is 3.39. The molecule has 1 aromatic carbocycles. The molecular formula is C13H15ClN2O2S2. The minimum Gasteiger partial charge on any atom is -0.326 e. The van der Waals surface area contributed by atoms with Crippen molar-refractivity contribution in [1.29, 1.82) is 0 Å². The molecule has 2 aromatic rings. The smallest absolute Gasteiger partial charge is 0.242 e. The Morgan fingerprint density at radius 1 is 1.40 bits per heavy atom. The summed E-state index contributed by atoms with van der Waals surface area (Å²) in [6.45, 7) is 2.06. The fourth-order valence-corrected chi connectivity index (χ4v) is 4.30. The first-order chi connectivity index (χ1) is 9.44. The van der Waals surface area contributed by atoms with Gasteiger partial charge in [-0.05, 0) is 47.0 Å². The number of rotatable bonds is 5. The predicted molar refractivity (Wildman–Crippen MR) is 82.4 cm³/mol. The summed E-state index contributed by atoms with van der Waals surface area (Å²) in [4.78, 5) is 0.0594. The average Bonchev–Trinajstić information content (AvgIpc) is 2.92. The van der Waals surface area contributed by atoms with E-state index in [0.717, 1.165) is 11.1 Å². The second kappa shape index (κ2) is 6.24. The van der Waals surface area contributed by atoms with Gasteiger partial charge in [-0.1, -0.05) is 17.7 Å². The summed E-state index contributed by atoms with van der Waals surface area (Å²) in [7, 11) is -3.68. The van der Waals surface area contributed by atoms with Gasteiger partial charge >= 0.3 is 0 Å². The van der Waals surface area contributed by atoms with Crippen molar-refractivity contribution in [3.63, 3.8) is 0 Å². The molecule has 108 valence electrons. The molecule has 7 heteroatoms. The van der Waals surface area contributed by atoms with Crippen molar-refractivity contribution in [2.45, 2.75) is 24.4 Å². The topological polar surface area (TPSA) is 72.2 Å². The zero-order valence-corrected chi connectivity index (χ0v) is 13.2. The van der Waals surface area contributed by atoms with Crippen molar-refractivity contribution in [3.8, 4) is 0 Å². The average molecular weight is 331 g/mol. The lowest BCUT2D eigenvalue weighted by Crippen LogP contribution is -2.27. The first-order valence-corrected chi connectivity index (χ1v) is 8.77. The lowest BCUT2D eigenvalue weighted by atomic mass is 10.2. The van der Waals surface area contributed by atoms with Crippen LogP contribution in [0.4, 0.5) is 0 Å². The fraction of sp³-hybridized carbons (Fsp3) is 0.231. The number of hydrogen-bond donors (Lipinski definition) is 2. The molecule has 1 aromatic heterocycles. The van der Waals surface area contributed by atoms with Crippen LogP contribution in [0.3, 0.4) is 0 Å². The molecule has 0 aliphatic carbocycles. The lowest BCUT2D eigenvalue weighted by Gasteiger charge is -2.14. The van der Waals surface area contributed by atoms with Gasteiger partial charge in [0.25, 0.3) is 0 Å². The summed E-state index contributed by atoms with van der Waals surface area (Å²) in [6, 6.07) is 6.33. The summed E-state index contributed by atoms with van der Waals surface area (Å²) in [6.07, 6.45) is 0. The summed E-state index contributed by atoms with van der Waals surface area (Å²) >= 11 is 7.51. The van der Waals surface area contributed by atoms with Gasteiger partial charge in [-0.15, -0.1) is 0 Å². The maximum atomic E-state index is 12.4. The quantitative estimate of drug-likeness (QED) is 0.885. The van der Waals surface area contributed by atoms with E-state index in [1.54, 1.807) is 19.1 Å². The van der Waals surface area contributed by atoms with Gasteiger partial charge in [-0.25, -0.2) is 13.1 Å². The zero-order valence-electron chi connectivity index (χ0n) is 10.8. The molecule has 1 atom stereocenters. The molecule has 3 N–H and O–H groups in total. The fourth-order valence-electron chi connectivity index (χ4n) is 1.77. The van der Waals surface area contributed by atoms with Crippen LogP contribution in [0.1, 0.15) is 24.1 Å². The van der Waals surface area contributed by atoms with Gasteiger partial charge in [0, 0.05) is 12.6 Å². The van der Waals surface area contributed by atoms with Gasteiger partial charge in [0.1, 0.15) is 4.90 Å². The number of sulfonamides is 1. The van der Waals surface area contributed by atoms with Crippen LogP contribution in [0.15, 0.2) is 39.9 Å². The first-order valence-electron chi connectivity index (χ1n) is 5.97. The number of thiophene rings is 1. The summed E-state index contributed by atoms with van der Waals surface area (Å²) in [5.74, 6) is 0. The largest absolute Gasteiger partial charge is 0.326 e. The van der Waals surface area contributed by atoms with E-state index >= 15 is 0 Å². The minimum atomic E-state index is -3.68. The molecule has 2 rings (SSSR count). The highest BCUT2D eigenvalue weighted by molar-refractivity contribution is 7.89. The highest BCUT2D eigenvalue weighted by Crippen LogP contribution is 2.25. The Hall–Kier alpha value is -0.920. The van der Waals surface area contributed by atoms with E-state index in [4.69, 9.17) is 17.3 Å². The van der Waals surface area contributed by atoms with Crippen molar-refractivity contribution >= 4 is 33.0 Å². The normalized spacial score (nSPS) is 13.3. The molecule has 0 fully saturated rings. The maximum absolute atomic E-state index is 12.4. The van der Waals surface area contributed by atoms with Gasteiger partial charge in [-0.3, -0.25) is 0 Å². The van der Waals surface area contributed by atoms with E-state index in [-0.39, 0.29) is 22.5 Å². The molecule has 0 aliphatic rings. The van der Waals surface area contributed by atoms with E-state index in [0.29, 0.717) is 0 Å². The molecule has 0 aliphatic heterocycles. The summed E-state index contributed by atoms with van der Waals surface area (Å²) in [5.41, 5.74) is 7.17. The van der Waals surface area contributed by atoms with Crippen LogP contribution in [0.5, 0.6) is 0 Å². The van der Waals surface area contributed by atoms with E-state index < -0.39 is 10.0 Å². The van der Waals surface area contributed by atoms with Gasteiger partial charge in [0.15, 0.2) is 0 Å². The highest BCUT2D eigenvalue weighted by atomic mass is 35.5. The second-order valence-corrected chi connectivity index (χ2v) is 7.24. The SMILES string of the molecule is CC(NS(=O)(=O)c1cc(CN)ccc1Cl)c1ccsc1. The molecule has 1 unspecified atom stereocenters. The number of halogens is 1. The van der Waals surface area contributed by atoms with Crippen molar-refractivity contribution < 1.29 is 8.42 Å². The first kappa shape index (κ1) is 15.5. The van der Waals surface area contributed by atoms with Crippen LogP contribution in [0.2, 0.25) is 5.02 Å². The second-order valence-electron chi connectivity index (χ2n) is 4.37. The van der Waals surface area contributed by atoms with Crippen LogP contribution >= 0.6 is 22.9 Å². The molecule has 0 spiro atoms. The minimum absolute atomic E-state index is 0.0594. The Labute approximate surface area is 127 Å². The van der Waals surface area contributed by atoms with Crippen LogP contribution in [0.25, 0.3) is 0 Å². The van der Waals surface area contributed by atoms with Crippen LogP contribution < -0.4 is 10.5 Å². The van der Waals surface area contributed by atoms with E-state index in [9.17, 15) is 8.42 Å². The molecule has 4 nitrogen and oxygen atoms in total.